The fourth-order valence-corrected chi connectivity index (χ4v) is 2.45. The van der Waals surface area contributed by atoms with Crippen molar-refractivity contribution in [2.24, 2.45) is 11.7 Å². The third kappa shape index (κ3) is 4.04. The Hall–Kier alpha value is -1.55. The van der Waals surface area contributed by atoms with E-state index in [1.165, 1.54) is 12.8 Å². The van der Waals surface area contributed by atoms with Gasteiger partial charge < -0.3 is 16.4 Å². The Bertz CT molecular complexity index is 380. The quantitative estimate of drug-likeness (QED) is 0.767. The number of hydrogen-bond acceptors (Lipinski definition) is 2. The molecule has 0 aromatic heterocycles. The van der Waals surface area contributed by atoms with E-state index in [4.69, 9.17) is 5.73 Å². The Morgan fingerprint density at radius 1 is 1.28 bits per heavy atom. The largest absolute Gasteiger partial charge is 0.338 e. The molecule has 98 valence electrons. The van der Waals surface area contributed by atoms with Crippen LogP contribution in [0, 0.1) is 5.92 Å². The van der Waals surface area contributed by atoms with E-state index in [0.29, 0.717) is 18.5 Å². The smallest absolute Gasteiger partial charge is 0.319 e. The van der Waals surface area contributed by atoms with Gasteiger partial charge in [-0.2, -0.15) is 0 Å². The highest BCUT2D eigenvalue weighted by molar-refractivity contribution is 5.89. The molecule has 1 aromatic carbocycles. The zero-order valence-electron chi connectivity index (χ0n) is 10.6. The molecule has 4 nitrogen and oxygen atoms in total. The molecule has 2 amide bonds. The fraction of sp³-hybridized carbons (Fsp3) is 0.500. The highest BCUT2D eigenvalue weighted by Gasteiger charge is 2.19. The van der Waals surface area contributed by atoms with Gasteiger partial charge in [0.1, 0.15) is 0 Å². The molecular weight excluding hydrogens is 226 g/mol. The van der Waals surface area contributed by atoms with Crippen LogP contribution in [0.3, 0.4) is 0 Å². The van der Waals surface area contributed by atoms with Gasteiger partial charge in [0.25, 0.3) is 0 Å². The number of para-hydroxylation sites is 1. The molecule has 1 saturated carbocycles. The maximum absolute atomic E-state index is 11.7. The Morgan fingerprint density at radius 3 is 2.78 bits per heavy atom. The molecule has 2 atom stereocenters. The van der Waals surface area contributed by atoms with E-state index >= 15 is 0 Å². The van der Waals surface area contributed by atoms with Crippen molar-refractivity contribution in [3.63, 3.8) is 0 Å². The first-order chi connectivity index (χ1) is 8.74. The highest BCUT2D eigenvalue weighted by Crippen LogP contribution is 2.22. The van der Waals surface area contributed by atoms with Crippen LogP contribution in [0.1, 0.15) is 25.7 Å². The molecule has 18 heavy (non-hydrogen) atoms. The van der Waals surface area contributed by atoms with Crippen LogP contribution in [-0.4, -0.2) is 18.6 Å². The van der Waals surface area contributed by atoms with Crippen LogP contribution in [0.4, 0.5) is 10.5 Å². The standard InChI is InChI=1S/C14H21N3O/c15-12-6-4-5-11(9-12)10-16-14(18)17-13-7-2-1-3-8-13/h1-3,7-8,11-12H,4-6,9-10,15H2,(H2,16,17,18). The van der Waals surface area contributed by atoms with Gasteiger partial charge in [-0.05, 0) is 37.3 Å². The van der Waals surface area contributed by atoms with Crippen molar-refractivity contribution in [3.8, 4) is 0 Å². The predicted molar refractivity (Wildman–Crippen MR) is 73.4 cm³/mol. The van der Waals surface area contributed by atoms with Crippen LogP contribution in [-0.2, 0) is 0 Å². The highest BCUT2D eigenvalue weighted by atomic mass is 16.2. The van der Waals surface area contributed by atoms with Gasteiger partial charge >= 0.3 is 6.03 Å². The summed E-state index contributed by atoms with van der Waals surface area (Å²) in [6.45, 7) is 0.715. The summed E-state index contributed by atoms with van der Waals surface area (Å²) in [6.07, 6.45) is 4.48. The van der Waals surface area contributed by atoms with E-state index in [2.05, 4.69) is 10.6 Å². The maximum Gasteiger partial charge on any atom is 0.319 e. The second kappa shape index (κ2) is 6.40. The topological polar surface area (TPSA) is 67.1 Å². The van der Waals surface area contributed by atoms with Gasteiger partial charge in [-0.15, -0.1) is 0 Å². The van der Waals surface area contributed by atoms with E-state index in [9.17, 15) is 4.79 Å². The summed E-state index contributed by atoms with van der Waals surface area (Å²) in [6, 6.07) is 9.63. The summed E-state index contributed by atoms with van der Waals surface area (Å²) in [7, 11) is 0. The van der Waals surface area contributed by atoms with Crippen molar-refractivity contribution in [1.29, 1.82) is 0 Å². The van der Waals surface area contributed by atoms with Crippen molar-refractivity contribution >= 4 is 11.7 Å². The first kappa shape index (κ1) is 12.9. The molecule has 1 aliphatic carbocycles. The number of carbonyl (C=O) groups is 1. The van der Waals surface area contributed by atoms with Crippen LogP contribution >= 0.6 is 0 Å². The van der Waals surface area contributed by atoms with Crippen LogP contribution in [0.5, 0.6) is 0 Å². The third-order valence-corrected chi connectivity index (χ3v) is 3.41. The molecule has 1 fully saturated rings. The molecule has 1 aromatic rings. The number of nitrogens with one attached hydrogen (secondary N) is 2. The fourth-order valence-electron chi connectivity index (χ4n) is 2.45. The molecular formula is C14H21N3O. The van der Waals surface area contributed by atoms with E-state index in [1.807, 2.05) is 30.3 Å². The average molecular weight is 247 g/mol. The maximum atomic E-state index is 11.7. The van der Waals surface area contributed by atoms with Crippen LogP contribution in [0.25, 0.3) is 0 Å². The first-order valence-electron chi connectivity index (χ1n) is 6.59. The van der Waals surface area contributed by atoms with Gasteiger partial charge in [-0.25, -0.2) is 4.79 Å². The Kier molecular flexibility index (Phi) is 4.59. The van der Waals surface area contributed by atoms with Crippen LogP contribution in [0.15, 0.2) is 30.3 Å². The predicted octanol–water partition coefficient (Wildman–Crippen LogP) is 2.33. The number of urea groups is 1. The molecule has 2 rings (SSSR count). The number of nitrogens with two attached hydrogens (primary N) is 1. The lowest BCUT2D eigenvalue weighted by molar-refractivity contribution is 0.245. The van der Waals surface area contributed by atoms with Gasteiger partial charge in [0.15, 0.2) is 0 Å². The number of rotatable bonds is 3. The normalized spacial score (nSPS) is 23.4. The minimum Gasteiger partial charge on any atom is -0.338 e. The zero-order chi connectivity index (χ0) is 12.8. The van der Waals surface area contributed by atoms with E-state index in [1.54, 1.807) is 0 Å². The number of benzene rings is 1. The number of hydrogen-bond donors (Lipinski definition) is 3. The molecule has 0 spiro atoms. The summed E-state index contributed by atoms with van der Waals surface area (Å²) in [5.41, 5.74) is 6.74. The number of amides is 2. The van der Waals surface area contributed by atoms with Crippen LogP contribution < -0.4 is 16.4 Å². The number of anilines is 1. The summed E-state index contributed by atoms with van der Waals surface area (Å²) in [5, 5.41) is 5.73. The Labute approximate surface area is 108 Å². The van der Waals surface area contributed by atoms with Crippen molar-refractivity contribution < 1.29 is 4.79 Å². The lowest BCUT2D eigenvalue weighted by atomic mass is 9.86. The molecule has 1 aliphatic rings. The van der Waals surface area contributed by atoms with E-state index in [-0.39, 0.29) is 6.03 Å². The SMILES string of the molecule is NC1CCCC(CNC(=O)Nc2ccccc2)C1. The molecule has 0 heterocycles. The van der Waals surface area contributed by atoms with Crippen molar-refractivity contribution in [2.75, 3.05) is 11.9 Å². The molecule has 4 heteroatoms. The van der Waals surface area contributed by atoms with Crippen molar-refractivity contribution in [3.05, 3.63) is 30.3 Å². The van der Waals surface area contributed by atoms with Crippen molar-refractivity contribution in [1.82, 2.24) is 5.32 Å². The van der Waals surface area contributed by atoms with Crippen LogP contribution in [0.2, 0.25) is 0 Å². The molecule has 0 bridgehead atoms. The monoisotopic (exact) mass is 247 g/mol. The lowest BCUT2D eigenvalue weighted by Crippen LogP contribution is -2.37. The summed E-state index contributed by atoms with van der Waals surface area (Å²) < 4.78 is 0. The Balaban J connectivity index is 1.71. The van der Waals surface area contributed by atoms with E-state index in [0.717, 1.165) is 18.5 Å². The van der Waals surface area contributed by atoms with Gasteiger partial charge in [0, 0.05) is 18.3 Å². The summed E-state index contributed by atoms with van der Waals surface area (Å²) >= 11 is 0. The van der Waals surface area contributed by atoms with Gasteiger partial charge in [-0.1, -0.05) is 24.6 Å². The van der Waals surface area contributed by atoms with E-state index < -0.39 is 0 Å². The Morgan fingerprint density at radius 2 is 2.06 bits per heavy atom. The molecule has 4 N–H and O–H groups in total. The van der Waals surface area contributed by atoms with Gasteiger partial charge in [-0.3, -0.25) is 0 Å². The van der Waals surface area contributed by atoms with Gasteiger partial charge in [0.2, 0.25) is 0 Å². The van der Waals surface area contributed by atoms with Crippen molar-refractivity contribution in [2.45, 2.75) is 31.7 Å². The summed E-state index contributed by atoms with van der Waals surface area (Å²) in [5.74, 6) is 0.523. The molecule has 0 saturated heterocycles. The second-order valence-corrected chi connectivity index (χ2v) is 4.99. The first-order valence-corrected chi connectivity index (χ1v) is 6.59. The lowest BCUT2D eigenvalue weighted by Gasteiger charge is -2.26. The molecule has 0 aliphatic heterocycles. The molecule has 2 unspecified atom stereocenters. The molecule has 0 radical (unpaired) electrons. The van der Waals surface area contributed by atoms with Gasteiger partial charge in [0.05, 0.1) is 0 Å². The third-order valence-electron chi connectivity index (χ3n) is 3.41. The second-order valence-electron chi connectivity index (χ2n) is 4.99. The zero-order valence-corrected chi connectivity index (χ0v) is 10.6. The minimum absolute atomic E-state index is 0.139. The minimum atomic E-state index is -0.139. The summed E-state index contributed by atoms with van der Waals surface area (Å²) in [4.78, 5) is 11.7. The number of carbonyl (C=O) groups excluding carboxylic acids is 1. The average Bonchev–Trinajstić information content (AvgIpc) is 2.38.